The molecule has 0 amide bonds. The molecule has 0 spiro atoms. The molecule has 0 aromatic heterocycles. The molecule has 0 N–H and O–H groups in total. The highest BCUT2D eigenvalue weighted by Crippen LogP contribution is 2.37. The second-order valence-corrected chi connectivity index (χ2v) is 4.82. The SMILES string of the molecule is O=C1CC([PH](=O)Oc2ccccc2)C(=O)O1. The van der Waals surface area contributed by atoms with E-state index >= 15 is 0 Å². The van der Waals surface area contributed by atoms with Crippen molar-refractivity contribution >= 4 is 20.0 Å². The smallest absolute Gasteiger partial charge is 0.327 e. The molecule has 16 heavy (non-hydrogen) atoms. The molecular formula is C10H9O5P. The van der Waals surface area contributed by atoms with Gasteiger partial charge in [-0.3, -0.25) is 14.2 Å². The number of para-hydroxylation sites is 1. The molecule has 5 nitrogen and oxygen atoms in total. The summed E-state index contributed by atoms with van der Waals surface area (Å²) in [5.74, 6) is -0.992. The molecule has 1 aliphatic rings. The summed E-state index contributed by atoms with van der Waals surface area (Å²) in [5.41, 5.74) is -0.947. The zero-order chi connectivity index (χ0) is 11.5. The van der Waals surface area contributed by atoms with Gasteiger partial charge >= 0.3 is 11.9 Å². The molecule has 1 aliphatic heterocycles. The topological polar surface area (TPSA) is 69.7 Å². The molecule has 84 valence electrons. The van der Waals surface area contributed by atoms with Crippen molar-refractivity contribution in [3.8, 4) is 5.75 Å². The zero-order valence-corrected chi connectivity index (χ0v) is 9.21. The summed E-state index contributed by atoms with van der Waals surface area (Å²) in [6.07, 6.45) is -0.163. The van der Waals surface area contributed by atoms with Gasteiger partial charge in [-0.15, -0.1) is 0 Å². The van der Waals surface area contributed by atoms with E-state index in [-0.39, 0.29) is 6.42 Å². The molecule has 1 aromatic rings. The van der Waals surface area contributed by atoms with Crippen molar-refractivity contribution < 1.29 is 23.4 Å². The predicted octanol–water partition coefficient (Wildman–Crippen LogP) is 1.38. The van der Waals surface area contributed by atoms with Crippen LogP contribution in [0.15, 0.2) is 30.3 Å². The third-order valence-corrected chi connectivity index (χ3v) is 3.56. The van der Waals surface area contributed by atoms with Crippen LogP contribution in [-0.2, 0) is 18.9 Å². The second kappa shape index (κ2) is 4.49. The molecule has 1 heterocycles. The molecule has 0 saturated carbocycles. The Morgan fingerprint density at radius 2 is 1.94 bits per heavy atom. The number of carbonyl (C=O) groups is 2. The Balaban J connectivity index is 2.04. The lowest BCUT2D eigenvalue weighted by Gasteiger charge is -2.07. The fourth-order valence-corrected chi connectivity index (χ4v) is 2.43. The van der Waals surface area contributed by atoms with E-state index in [4.69, 9.17) is 4.52 Å². The maximum Gasteiger partial charge on any atom is 0.327 e. The lowest BCUT2D eigenvalue weighted by molar-refractivity contribution is -0.151. The summed E-state index contributed by atoms with van der Waals surface area (Å²) >= 11 is 0. The first kappa shape index (κ1) is 10.9. The van der Waals surface area contributed by atoms with Gasteiger partial charge in [-0.1, -0.05) is 18.2 Å². The van der Waals surface area contributed by atoms with Gasteiger partial charge in [-0.05, 0) is 12.1 Å². The van der Waals surface area contributed by atoms with Crippen molar-refractivity contribution in [2.45, 2.75) is 12.1 Å². The summed E-state index contributed by atoms with van der Waals surface area (Å²) in [6, 6.07) is 8.50. The van der Waals surface area contributed by atoms with Crippen molar-refractivity contribution in [2.75, 3.05) is 0 Å². The van der Waals surface area contributed by atoms with E-state index in [1.807, 2.05) is 0 Å². The Kier molecular flexibility index (Phi) is 3.06. The minimum atomic E-state index is -2.65. The van der Waals surface area contributed by atoms with Gasteiger partial charge in [0, 0.05) is 0 Å². The van der Waals surface area contributed by atoms with Crippen LogP contribution in [0.25, 0.3) is 0 Å². The van der Waals surface area contributed by atoms with Gasteiger partial charge in [0.1, 0.15) is 5.75 Å². The van der Waals surface area contributed by atoms with Crippen LogP contribution in [0.3, 0.4) is 0 Å². The molecule has 1 aromatic carbocycles. The van der Waals surface area contributed by atoms with E-state index < -0.39 is 25.6 Å². The molecule has 0 radical (unpaired) electrons. The summed E-state index contributed by atoms with van der Waals surface area (Å²) in [4.78, 5) is 21.9. The van der Waals surface area contributed by atoms with E-state index in [2.05, 4.69) is 4.74 Å². The molecule has 0 aliphatic carbocycles. The summed E-state index contributed by atoms with van der Waals surface area (Å²) in [7, 11) is -2.65. The van der Waals surface area contributed by atoms with Crippen LogP contribution in [-0.4, -0.2) is 17.6 Å². The van der Waals surface area contributed by atoms with Crippen molar-refractivity contribution in [1.82, 2.24) is 0 Å². The largest absolute Gasteiger partial charge is 0.444 e. The van der Waals surface area contributed by atoms with Crippen LogP contribution in [0.2, 0.25) is 0 Å². The average Bonchev–Trinajstić information content (AvgIpc) is 2.59. The van der Waals surface area contributed by atoms with Crippen LogP contribution in [0.4, 0.5) is 0 Å². The fraction of sp³-hybridized carbons (Fsp3) is 0.200. The molecule has 6 heteroatoms. The number of hydrogen-bond acceptors (Lipinski definition) is 5. The molecule has 2 unspecified atom stereocenters. The highest BCUT2D eigenvalue weighted by Gasteiger charge is 2.39. The number of hydrogen-bond donors (Lipinski definition) is 0. The summed E-state index contributed by atoms with van der Waals surface area (Å²) < 4.78 is 21.1. The van der Waals surface area contributed by atoms with Crippen molar-refractivity contribution in [1.29, 1.82) is 0 Å². The van der Waals surface area contributed by atoms with E-state index in [9.17, 15) is 14.2 Å². The first-order valence-corrected chi connectivity index (χ1v) is 6.07. The van der Waals surface area contributed by atoms with Gasteiger partial charge in [0.2, 0.25) is 0 Å². The number of rotatable bonds is 3. The molecule has 1 fully saturated rings. The van der Waals surface area contributed by atoms with E-state index in [0.29, 0.717) is 5.75 Å². The summed E-state index contributed by atoms with van der Waals surface area (Å²) in [6.45, 7) is 0. The fourth-order valence-electron chi connectivity index (χ4n) is 1.33. The lowest BCUT2D eigenvalue weighted by atomic mass is 10.3. The van der Waals surface area contributed by atoms with Gasteiger partial charge in [0.15, 0.2) is 5.66 Å². The van der Waals surface area contributed by atoms with Crippen LogP contribution < -0.4 is 4.52 Å². The second-order valence-electron chi connectivity index (χ2n) is 3.28. The van der Waals surface area contributed by atoms with Crippen LogP contribution >= 0.6 is 8.03 Å². The van der Waals surface area contributed by atoms with Gasteiger partial charge in [-0.25, -0.2) is 0 Å². The predicted molar refractivity (Wildman–Crippen MR) is 55.6 cm³/mol. The molecule has 1 saturated heterocycles. The van der Waals surface area contributed by atoms with E-state index in [0.717, 1.165) is 0 Å². The standard InChI is InChI=1S/C10H9O5P/c11-9-6-8(10(12)14-9)16(13)15-7-4-2-1-3-5-7/h1-5,8,16H,6H2. The Labute approximate surface area is 92.2 Å². The number of benzene rings is 1. The average molecular weight is 240 g/mol. The van der Waals surface area contributed by atoms with Crippen LogP contribution in [0.1, 0.15) is 6.42 Å². The number of esters is 2. The zero-order valence-electron chi connectivity index (χ0n) is 8.21. The van der Waals surface area contributed by atoms with Crippen LogP contribution in [0, 0.1) is 0 Å². The van der Waals surface area contributed by atoms with Crippen LogP contribution in [0.5, 0.6) is 5.75 Å². The Morgan fingerprint density at radius 1 is 1.25 bits per heavy atom. The lowest BCUT2D eigenvalue weighted by Crippen LogP contribution is -2.11. The van der Waals surface area contributed by atoms with Gasteiger partial charge < -0.3 is 9.26 Å². The first-order valence-electron chi connectivity index (χ1n) is 4.68. The van der Waals surface area contributed by atoms with Gasteiger partial charge in [0.05, 0.1) is 6.42 Å². The minimum Gasteiger partial charge on any atom is -0.444 e. The van der Waals surface area contributed by atoms with E-state index in [1.54, 1.807) is 30.3 Å². The Hall–Kier alpha value is -1.61. The third kappa shape index (κ3) is 2.31. The summed E-state index contributed by atoms with van der Waals surface area (Å²) in [5, 5.41) is 0. The van der Waals surface area contributed by atoms with Crippen molar-refractivity contribution in [3.63, 3.8) is 0 Å². The highest BCUT2D eigenvalue weighted by atomic mass is 31.1. The number of carbonyl (C=O) groups excluding carboxylic acids is 2. The van der Waals surface area contributed by atoms with Gasteiger partial charge in [0.25, 0.3) is 8.03 Å². The molecule has 2 rings (SSSR count). The van der Waals surface area contributed by atoms with E-state index in [1.165, 1.54) is 0 Å². The first-order chi connectivity index (χ1) is 7.66. The maximum atomic E-state index is 11.7. The molecular weight excluding hydrogens is 231 g/mol. The normalized spacial score (nSPS) is 21.6. The number of cyclic esters (lactones) is 2. The third-order valence-electron chi connectivity index (χ3n) is 2.12. The maximum absolute atomic E-state index is 11.7. The van der Waals surface area contributed by atoms with Gasteiger partial charge in [-0.2, -0.15) is 0 Å². The number of ether oxygens (including phenoxy) is 1. The minimum absolute atomic E-state index is 0.163. The molecule has 2 atom stereocenters. The van der Waals surface area contributed by atoms with Crippen molar-refractivity contribution in [2.24, 2.45) is 0 Å². The monoisotopic (exact) mass is 240 g/mol. The van der Waals surface area contributed by atoms with Crippen molar-refractivity contribution in [3.05, 3.63) is 30.3 Å². The Bertz CT molecular complexity index is 442. The Morgan fingerprint density at radius 3 is 2.50 bits per heavy atom. The quantitative estimate of drug-likeness (QED) is 0.453. The highest BCUT2D eigenvalue weighted by molar-refractivity contribution is 7.42. The molecule has 0 bridgehead atoms.